The minimum Gasteiger partial charge on any atom is -0.304 e. The Kier molecular flexibility index (Phi) is 2.88. The summed E-state index contributed by atoms with van der Waals surface area (Å²) in [5.74, 6) is 0. The molecule has 0 fully saturated rings. The van der Waals surface area contributed by atoms with Crippen LogP contribution >= 0.6 is 12.2 Å². The van der Waals surface area contributed by atoms with Gasteiger partial charge in [0.25, 0.3) is 0 Å². The summed E-state index contributed by atoms with van der Waals surface area (Å²) in [6.45, 7) is 4.30. The van der Waals surface area contributed by atoms with Crippen LogP contribution in [0.4, 0.5) is 0 Å². The van der Waals surface area contributed by atoms with E-state index >= 15 is 0 Å². The summed E-state index contributed by atoms with van der Waals surface area (Å²) in [5.41, 5.74) is 2.56. The molecule has 0 aromatic carbocycles. The monoisotopic (exact) mass is 170 g/mol. The summed E-state index contributed by atoms with van der Waals surface area (Å²) in [6.07, 6.45) is 3.27. The largest absolute Gasteiger partial charge is 0.304 e. The predicted octanol–water partition coefficient (Wildman–Crippen LogP) is 2.59. The zero-order chi connectivity index (χ0) is 8.27. The maximum absolute atomic E-state index is 5.12. The Balaban J connectivity index is 2.97. The van der Waals surface area contributed by atoms with Crippen molar-refractivity contribution in [3.8, 4) is 0 Å². The fourth-order valence-corrected chi connectivity index (χ4v) is 1.51. The van der Waals surface area contributed by atoms with Gasteiger partial charge in [0.2, 0.25) is 0 Å². The zero-order valence-electron chi connectivity index (χ0n) is 7.03. The smallest absolute Gasteiger partial charge is 0.122 e. The molecule has 1 rings (SSSR count). The van der Waals surface area contributed by atoms with E-state index in [4.69, 9.17) is 12.2 Å². The van der Waals surface area contributed by atoms with E-state index < -0.39 is 0 Å². The van der Waals surface area contributed by atoms with E-state index in [9.17, 15) is 0 Å². The lowest BCUT2D eigenvalue weighted by atomic mass is 10.1. The molecule has 62 valence electrons. The summed E-state index contributed by atoms with van der Waals surface area (Å²) in [6, 6.07) is 0. The van der Waals surface area contributed by atoms with Gasteiger partial charge in [0.05, 0.1) is 0 Å². The second-order valence-corrected chi connectivity index (χ2v) is 3.05. The minimum absolute atomic E-state index is 0.878. The highest BCUT2D eigenvalue weighted by atomic mass is 32.1. The number of aromatic amines is 2. The van der Waals surface area contributed by atoms with Crippen LogP contribution in [-0.2, 0) is 12.8 Å². The molecular formula is C8H14N2S. The van der Waals surface area contributed by atoms with Crippen LogP contribution in [0.25, 0.3) is 0 Å². The number of hydrogen-bond acceptors (Lipinski definition) is 1. The van der Waals surface area contributed by atoms with Crippen molar-refractivity contribution < 1.29 is 0 Å². The highest BCUT2D eigenvalue weighted by Crippen LogP contribution is 2.09. The molecule has 2 nitrogen and oxygen atoms in total. The van der Waals surface area contributed by atoms with Crippen molar-refractivity contribution in [1.29, 1.82) is 0 Å². The van der Waals surface area contributed by atoms with Crippen LogP contribution < -0.4 is 0 Å². The Hall–Kier alpha value is -0.570. The second-order valence-electron chi connectivity index (χ2n) is 2.64. The molecule has 0 radical (unpaired) electrons. The topological polar surface area (TPSA) is 31.6 Å². The number of hydrogen-bond donors (Lipinski definition) is 2. The third-order valence-corrected chi connectivity index (χ3v) is 2.17. The molecule has 0 unspecified atom stereocenters. The van der Waals surface area contributed by atoms with Gasteiger partial charge in [-0.15, -0.1) is 0 Å². The molecule has 1 aromatic heterocycles. The van der Waals surface area contributed by atoms with E-state index in [1.54, 1.807) is 0 Å². The molecule has 0 saturated carbocycles. The van der Waals surface area contributed by atoms with Crippen LogP contribution in [0.2, 0.25) is 0 Å². The first-order chi connectivity index (χ1) is 5.29. The Morgan fingerprint density at radius 1 is 1.27 bits per heavy atom. The van der Waals surface area contributed by atoms with Gasteiger partial charge in [0.1, 0.15) is 4.64 Å². The van der Waals surface area contributed by atoms with Crippen LogP contribution in [-0.4, -0.2) is 10.2 Å². The van der Waals surface area contributed by atoms with Crippen LogP contribution in [0.3, 0.4) is 0 Å². The van der Waals surface area contributed by atoms with E-state index in [0.717, 1.165) is 23.9 Å². The molecule has 11 heavy (non-hydrogen) atoms. The fraction of sp³-hybridized carbons (Fsp3) is 0.625. The Bertz CT molecular complexity index is 272. The van der Waals surface area contributed by atoms with Crippen molar-refractivity contribution in [3.05, 3.63) is 15.9 Å². The standard InChI is InChI=1S/C8H14N2S/c1-3-5-6-7(4-2)9-10-8(6)11/h3-5H2,1-2H3,(H2,9,10,11). The zero-order valence-corrected chi connectivity index (χ0v) is 7.85. The van der Waals surface area contributed by atoms with Crippen molar-refractivity contribution in [3.63, 3.8) is 0 Å². The molecular weight excluding hydrogens is 156 g/mol. The lowest BCUT2D eigenvalue weighted by molar-refractivity contribution is 0.890. The fourth-order valence-electron chi connectivity index (χ4n) is 1.24. The molecule has 0 aliphatic rings. The summed E-state index contributed by atoms with van der Waals surface area (Å²) in [5, 5.41) is 6.04. The third kappa shape index (κ3) is 1.71. The molecule has 0 aliphatic carbocycles. The first-order valence-corrected chi connectivity index (χ1v) is 4.48. The number of nitrogens with one attached hydrogen (secondary N) is 2. The van der Waals surface area contributed by atoms with E-state index in [1.165, 1.54) is 11.3 Å². The van der Waals surface area contributed by atoms with E-state index in [2.05, 4.69) is 24.0 Å². The van der Waals surface area contributed by atoms with Gasteiger partial charge in [0.15, 0.2) is 0 Å². The van der Waals surface area contributed by atoms with Crippen LogP contribution in [0, 0.1) is 4.64 Å². The van der Waals surface area contributed by atoms with Crippen molar-refractivity contribution in [1.82, 2.24) is 10.2 Å². The van der Waals surface area contributed by atoms with Crippen molar-refractivity contribution in [2.45, 2.75) is 33.1 Å². The molecule has 0 atom stereocenters. The quantitative estimate of drug-likeness (QED) is 0.671. The SMILES string of the molecule is CCCc1c(CC)[nH][nH]c1=S. The Morgan fingerprint density at radius 2 is 2.00 bits per heavy atom. The first kappa shape index (κ1) is 8.53. The first-order valence-electron chi connectivity index (χ1n) is 4.08. The third-order valence-electron chi connectivity index (χ3n) is 1.82. The molecule has 0 aliphatic heterocycles. The van der Waals surface area contributed by atoms with Crippen molar-refractivity contribution >= 4 is 12.2 Å². The van der Waals surface area contributed by atoms with Crippen molar-refractivity contribution in [2.75, 3.05) is 0 Å². The molecule has 0 saturated heterocycles. The molecule has 0 bridgehead atoms. The summed E-state index contributed by atoms with van der Waals surface area (Å²) in [7, 11) is 0. The minimum atomic E-state index is 0.878. The lowest BCUT2D eigenvalue weighted by Crippen LogP contribution is -1.88. The normalized spacial score (nSPS) is 10.4. The summed E-state index contributed by atoms with van der Waals surface area (Å²) in [4.78, 5) is 0. The van der Waals surface area contributed by atoms with E-state index in [0.29, 0.717) is 0 Å². The van der Waals surface area contributed by atoms with Crippen molar-refractivity contribution in [2.24, 2.45) is 0 Å². The maximum atomic E-state index is 5.12. The number of aryl methyl sites for hydroxylation is 1. The highest BCUT2D eigenvalue weighted by molar-refractivity contribution is 7.71. The summed E-state index contributed by atoms with van der Waals surface area (Å²) < 4.78 is 0.878. The molecule has 0 amide bonds. The molecule has 1 heterocycles. The molecule has 0 spiro atoms. The average Bonchev–Trinajstić information content (AvgIpc) is 2.34. The van der Waals surface area contributed by atoms with Crippen LogP contribution in [0.5, 0.6) is 0 Å². The molecule has 1 aromatic rings. The Morgan fingerprint density at radius 3 is 2.55 bits per heavy atom. The summed E-state index contributed by atoms with van der Waals surface area (Å²) >= 11 is 5.12. The lowest BCUT2D eigenvalue weighted by Gasteiger charge is -1.95. The highest BCUT2D eigenvalue weighted by Gasteiger charge is 2.02. The Labute approximate surface area is 72.0 Å². The van der Waals surface area contributed by atoms with Gasteiger partial charge in [-0.3, -0.25) is 5.10 Å². The molecule has 2 N–H and O–H groups in total. The van der Waals surface area contributed by atoms with Crippen LogP contribution in [0.15, 0.2) is 0 Å². The maximum Gasteiger partial charge on any atom is 0.122 e. The van der Waals surface area contributed by atoms with Gasteiger partial charge in [-0.25, -0.2) is 0 Å². The number of H-pyrrole nitrogens is 2. The predicted molar refractivity (Wildman–Crippen MR) is 49.4 cm³/mol. The average molecular weight is 170 g/mol. The second kappa shape index (κ2) is 3.72. The van der Waals surface area contributed by atoms with Gasteiger partial charge < -0.3 is 5.10 Å². The number of aromatic nitrogens is 2. The van der Waals surface area contributed by atoms with Crippen LogP contribution in [0.1, 0.15) is 31.5 Å². The van der Waals surface area contributed by atoms with Gasteiger partial charge >= 0.3 is 0 Å². The van der Waals surface area contributed by atoms with Gasteiger partial charge in [-0.1, -0.05) is 32.5 Å². The molecule has 3 heteroatoms. The van der Waals surface area contributed by atoms with Gasteiger partial charge in [0, 0.05) is 11.3 Å². The number of rotatable bonds is 3. The van der Waals surface area contributed by atoms with Gasteiger partial charge in [-0.2, -0.15) is 0 Å². The van der Waals surface area contributed by atoms with E-state index in [1.807, 2.05) is 0 Å². The van der Waals surface area contributed by atoms with E-state index in [-0.39, 0.29) is 0 Å². The van der Waals surface area contributed by atoms with Gasteiger partial charge in [-0.05, 0) is 12.8 Å².